The van der Waals surface area contributed by atoms with E-state index in [4.69, 9.17) is 0 Å². The molecule has 6 heteroatoms. The van der Waals surface area contributed by atoms with Gasteiger partial charge >= 0.3 is 0 Å². The molecule has 2 atom stereocenters. The lowest BCUT2D eigenvalue weighted by molar-refractivity contribution is -0.133. The van der Waals surface area contributed by atoms with E-state index in [1.807, 2.05) is 26.2 Å². The number of carbonyl (C=O) groups excluding carboxylic acids is 1. The van der Waals surface area contributed by atoms with Crippen molar-refractivity contribution in [2.24, 2.45) is 0 Å². The van der Waals surface area contributed by atoms with Gasteiger partial charge in [0.05, 0.1) is 6.04 Å². The minimum Gasteiger partial charge on any atom is -0.347 e. The summed E-state index contributed by atoms with van der Waals surface area (Å²) in [4.78, 5) is 20.2. The summed E-state index contributed by atoms with van der Waals surface area (Å²) < 4.78 is 13.1. The third-order valence-corrected chi connectivity index (χ3v) is 6.57. The van der Waals surface area contributed by atoms with Gasteiger partial charge in [-0.1, -0.05) is 0 Å². The van der Waals surface area contributed by atoms with Crippen LogP contribution in [0.1, 0.15) is 16.2 Å². The molecule has 0 bridgehead atoms. The molecule has 1 amide bonds. The minimum atomic E-state index is -0.217. The van der Waals surface area contributed by atoms with E-state index in [2.05, 4.69) is 24.0 Å². The van der Waals surface area contributed by atoms with E-state index in [9.17, 15) is 9.18 Å². The van der Waals surface area contributed by atoms with Crippen molar-refractivity contribution in [3.8, 4) is 0 Å². The van der Waals surface area contributed by atoms with Crippen molar-refractivity contribution in [3.05, 3.63) is 52.0 Å². The number of aryl methyl sites for hydroxylation is 1. The van der Waals surface area contributed by atoms with Gasteiger partial charge in [-0.3, -0.25) is 9.69 Å². The van der Waals surface area contributed by atoms with Crippen LogP contribution >= 0.6 is 23.1 Å². The highest BCUT2D eigenvalue weighted by Gasteiger charge is 2.38. The van der Waals surface area contributed by atoms with Crippen molar-refractivity contribution in [1.29, 1.82) is 0 Å². The van der Waals surface area contributed by atoms with Gasteiger partial charge in [0, 0.05) is 47.1 Å². The molecule has 1 fully saturated rings. The molecule has 3 nitrogen and oxygen atoms in total. The summed E-state index contributed by atoms with van der Waals surface area (Å²) in [7, 11) is 3.63. The Kier molecular flexibility index (Phi) is 5.81. The summed E-state index contributed by atoms with van der Waals surface area (Å²) in [6.07, 6.45) is 0.823. The Bertz CT molecular complexity index is 729. The van der Waals surface area contributed by atoms with E-state index in [0.29, 0.717) is 5.25 Å². The van der Waals surface area contributed by atoms with Gasteiger partial charge in [0.25, 0.3) is 0 Å². The number of amides is 1. The Morgan fingerprint density at radius 1 is 1.28 bits per heavy atom. The maximum atomic E-state index is 13.1. The van der Waals surface area contributed by atoms with E-state index in [0.717, 1.165) is 24.4 Å². The van der Waals surface area contributed by atoms with Gasteiger partial charge in [0.1, 0.15) is 5.82 Å². The van der Waals surface area contributed by atoms with Crippen molar-refractivity contribution >= 4 is 29.0 Å². The molecule has 0 radical (unpaired) electrons. The van der Waals surface area contributed by atoms with Crippen LogP contribution in [0.4, 0.5) is 4.39 Å². The first kappa shape index (κ1) is 18.4. The van der Waals surface area contributed by atoms with Gasteiger partial charge in [-0.15, -0.1) is 23.1 Å². The molecule has 25 heavy (non-hydrogen) atoms. The van der Waals surface area contributed by atoms with Crippen LogP contribution in [0, 0.1) is 12.7 Å². The number of benzene rings is 1. The quantitative estimate of drug-likeness (QED) is 0.785. The normalized spacial score (nSPS) is 20.8. The Morgan fingerprint density at radius 2 is 2.00 bits per heavy atom. The van der Waals surface area contributed by atoms with Crippen molar-refractivity contribution < 1.29 is 9.18 Å². The molecule has 134 valence electrons. The van der Waals surface area contributed by atoms with Gasteiger partial charge in [0.15, 0.2) is 0 Å². The average molecular weight is 379 g/mol. The minimum absolute atomic E-state index is 0.0876. The van der Waals surface area contributed by atoms with E-state index >= 15 is 0 Å². The largest absolute Gasteiger partial charge is 0.347 e. The summed E-state index contributed by atoms with van der Waals surface area (Å²) in [5, 5.41) is 0.334. The molecule has 2 aromatic rings. The first-order valence-electron chi connectivity index (χ1n) is 8.35. The first-order chi connectivity index (χ1) is 11.9. The van der Waals surface area contributed by atoms with Gasteiger partial charge in [0.2, 0.25) is 5.91 Å². The lowest BCUT2D eigenvalue weighted by Gasteiger charge is -2.25. The summed E-state index contributed by atoms with van der Waals surface area (Å²) >= 11 is 3.53. The maximum Gasteiger partial charge on any atom is 0.239 e. The topological polar surface area (TPSA) is 23.6 Å². The number of likely N-dealkylation sites (N-methyl/N-ethyl adjacent to an activating group) is 1. The number of rotatable bonds is 5. The fraction of sp³-hybridized carbons (Fsp3) is 0.421. The van der Waals surface area contributed by atoms with E-state index in [-0.39, 0.29) is 17.8 Å². The summed E-state index contributed by atoms with van der Waals surface area (Å²) in [6.45, 7) is 3.78. The van der Waals surface area contributed by atoms with Crippen LogP contribution in [0.15, 0.2) is 41.3 Å². The molecule has 0 N–H and O–H groups in total. The molecule has 0 spiro atoms. The highest BCUT2D eigenvalue weighted by molar-refractivity contribution is 8.00. The Hall–Kier alpha value is -1.37. The van der Waals surface area contributed by atoms with Gasteiger partial charge in [-0.05, 0) is 49.7 Å². The fourth-order valence-corrected chi connectivity index (χ4v) is 5.29. The van der Waals surface area contributed by atoms with Crippen molar-refractivity contribution in [2.75, 3.05) is 20.6 Å². The second kappa shape index (κ2) is 7.89. The van der Waals surface area contributed by atoms with Crippen LogP contribution in [0.3, 0.4) is 0 Å². The summed E-state index contributed by atoms with van der Waals surface area (Å²) in [5.74, 6) is -0.0541. The second-order valence-electron chi connectivity index (χ2n) is 6.62. The van der Waals surface area contributed by atoms with Crippen molar-refractivity contribution in [3.63, 3.8) is 0 Å². The third-order valence-electron chi connectivity index (χ3n) is 4.36. The summed E-state index contributed by atoms with van der Waals surface area (Å²) in [6, 6.07) is 10.8. The second-order valence-corrected chi connectivity index (χ2v) is 9.37. The standard InChI is InChI=1S/C19H23FN2OS2/c1-13-4-7-16(24-13)11-22-12-17(10-18(22)19(23)21(2)3)25-15-8-5-14(20)6-9-15/h4-9,17-18H,10-12H2,1-3H3/t17-,18+/m1/s1. The molecule has 1 aromatic carbocycles. The van der Waals surface area contributed by atoms with Crippen molar-refractivity contribution in [2.45, 2.75) is 36.1 Å². The molecule has 1 aliphatic heterocycles. The Balaban J connectivity index is 1.72. The molecule has 3 rings (SSSR count). The monoisotopic (exact) mass is 378 g/mol. The van der Waals surface area contributed by atoms with Gasteiger partial charge in [-0.25, -0.2) is 4.39 Å². The van der Waals surface area contributed by atoms with Crippen LogP contribution < -0.4 is 0 Å². The van der Waals surface area contributed by atoms with E-state index < -0.39 is 0 Å². The molecule has 1 aliphatic rings. The number of thiophene rings is 1. The number of likely N-dealkylation sites (tertiary alicyclic amines) is 1. The molecule has 2 heterocycles. The highest BCUT2D eigenvalue weighted by Crippen LogP contribution is 2.35. The molecule has 1 aromatic heterocycles. The Labute approximate surface area is 156 Å². The Morgan fingerprint density at radius 3 is 2.60 bits per heavy atom. The average Bonchev–Trinajstić information content (AvgIpc) is 3.15. The predicted octanol–water partition coefficient (Wildman–Crippen LogP) is 4.02. The molecular formula is C19H23FN2OS2. The van der Waals surface area contributed by atoms with Gasteiger partial charge in [-0.2, -0.15) is 0 Å². The maximum absolute atomic E-state index is 13.1. The predicted molar refractivity (Wildman–Crippen MR) is 103 cm³/mol. The van der Waals surface area contributed by atoms with E-state index in [1.165, 1.54) is 21.9 Å². The number of halogens is 1. The molecule has 1 saturated heterocycles. The molecule has 0 aliphatic carbocycles. The van der Waals surface area contributed by atoms with Crippen LogP contribution in [0.5, 0.6) is 0 Å². The van der Waals surface area contributed by atoms with Crippen LogP contribution in [-0.2, 0) is 11.3 Å². The zero-order valence-electron chi connectivity index (χ0n) is 14.7. The number of nitrogens with zero attached hydrogens (tertiary/aromatic N) is 2. The lowest BCUT2D eigenvalue weighted by Crippen LogP contribution is -2.42. The first-order valence-corrected chi connectivity index (χ1v) is 10.0. The third kappa shape index (κ3) is 4.63. The number of hydrogen-bond donors (Lipinski definition) is 0. The van der Waals surface area contributed by atoms with Crippen molar-refractivity contribution in [1.82, 2.24) is 9.80 Å². The lowest BCUT2D eigenvalue weighted by atomic mass is 10.2. The number of hydrogen-bond acceptors (Lipinski definition) is 4. The zero-order chi connectivity index (χ0) is 18.0. The smallest absolute Gasteiger partial charge is 0.239 e. The number of carbonyl (C=O) groups is 1. The number of thioether (sulfide) groups is 1. The fourth-order valence-electron chi connectivity index (χ4n) is 3.15. The van der Waals surface area contributed by atoms with E-state index in [1.54, 1.807) is 28.0 Å². The zero-order valence-corrected chi connectivity index (χ0v) is 16.4. The van der Waals surface area contributed by atoms with Crippen LogP contribution in [0.25, 0.3) is 0 Å². The molecular weight excluding hydrogens is 355 g/mol. The SMILES string of the molecule is Cc1ccc(CN2C[C@H](Sc3ccc(F)cc3)C[C@H]2C(=O)N(C)C)s1. The van der Waals surface area contributed by atoms with Crippen LogP contribution in [-0.4, -0.2) is 47.6 Å². The molecule has 0 unspecified atom stereocenters. The van der Waals surface area contributed by atoms with Gasteiger partial charge < -0.3 is 4.90 Å². The highest BCUT2D eigenvalue weighted by atomic mass is 32.2. The summed E-state index contributed by atoms with van der Waals surface area (Å²) in [5.41, 5.74) is 0. The molecule has 0 saturated carbocycles. The van der Waals surface area contributed by atoms with Crippen LogP contribution in [0.2, 0.25) is 0 Å².